The van der Waals surface area contributed by atoms with Crippen LogP contribution in [0.25, 0.3) is 10.1 Å². The fourth-order valence-corrected chi connectivity index (χ4v) is 4.40. The number of rotatable bonds is 1. The van der Waals surface area contributed by atoms with Crippen LogP contribution in [0.1, 0.15) is 22.5 Å². The lowest BCUT2D eigenvalue weighted by molar-refractivity contribution is -0.122. The standard InChI is InChI=1S/C13H11N3O3S/c14-12(17)10-9-6-3-1-2-4-8(6)20-11(9)7-5-15(10)13(18)16(7)19/h1-4,7,10,19H,5H2,(H2,14,17)/t7?,10-/m0/s1. The van der Waals surface area contributed by atoms with Gasteiger partial charge >= 0.3 is 6.03 Å². The molecule has 0 spiro atoms. The van der Waals surface area contributed by atoms with Crippen LogP contribution >= 0.6 is 11.3 Å². The summed E-state index contributed by atoms with van der Waals surface area (Å²) in [7, 11) is 0. The Bertz CT molecular complexity index is 756. The number of primary amides is 1. The average molecular weight is 289 g/mol. The molecule has 20 heavy (non-hydrogen) atoms. The van der Waals surface area contributed by atoms with Crippen LogP contribution < -0.4 is 5.73 Å². The lowest BCUT2D eigenvalue weighted by Crippen LogP contribution is -2.40. The van der Waals surface area contributed by atoms with Gasteiger partial charge in [-0.2, -0.15) is 5.06 Å². The van der Waals surface area contributed by atoms with E-state index in [1.807, 2.05) is 24.3 Å². The molecule has 2 aromatic rings. The molecule has 1 saturated heterocycles. The summed E-state index contributed by atoms with van der Waals surface area (Å²) >= 11 is 1.50. The van der Waals surface area contributed by atoms with E-state index < -0.39 is 24.0 Å². The highest BCUT2D eigenvalue weighted by Gasteiger charge is 2.51. The van der Waals surface area contributed by atoms with Crippen LogP contribution in [0.4, 0.5) is 4.79 Å². The molecule has 1 aromatic carbocycles. The number of amides is 3. The van der Waals surface area contributed by atoms with Crippen molar-refractivity contribution in [2.75, 3.05) is 6.54 Å². The van der Waals surface area contributed by atoms with Gasteiger partial charge < -0.3 is 10.6 Å². The maximum absolute atomic E-state index is 12.0. The van der Waals surface area contributed by atoms with Gasteiger partial charge in [-0.3, -0.25) is 10.0 Å². The third kappa shape index (κ3) is 1.26. The van der Waals surface area contributed by atoms with Crippen LogP contribution in [0, 0.1) is 0 Å². The van der Waals surface area contributed by atoms with Crippen molar-refractivity contribution in [2.24, 2.45) is 5.73 Å². The van der Waals surface area contributed by atoms with Crippen molar-refractivity contribution < 1.29 is 14.8 Å². The van der Waals surface area contributed by atoms with Crippen LogP contribution in [0.2, 0.25) is 0 Å². The van der Waals surface area contributed by atoms with E-state index in [0.29, 0.717) is 11.6 Å². The molecule has 2 bridgehead atoms. The van der Waals surface area contributed by atoms with Gasteiger partial charge in [-0.25, -0.2) is 4.79 Å². The molecule has 1 unspecified atom stereocenters. The van der Waals surface area contributed by atoms with Gasteiger partial charge in [0.15, 0.2) is 0 Å². The van der Waals surface area contributed by atoms with Gasteiger partial charge in [0, 0.05) is 15.1 Å². The van der Waals surface area contributed by atoms with Crippen molar-refractivity contribution >= 4 is 33.4 Å². The van der Waals surface area contributed by atoms with E-state index in [9.17, 15) is 14.8 Å². The molecule has 2 aliphatic rings. The third-order valence-corrected chi connectivity index (χ3v) is 5.21. The zero-order valence-electron chi connectivity index (χ0n) is 10.3. The summed E-state index contributed by atoms with van der Waals surface area (Å²) in [6, 6.07) is 5.90. The number of benzene rings is 1. The largest absolute Gasteiger partial charge is 0.368 e. The molecule has 102 valence electrons. The predicted octanol–water partition coefficient (Wildman–Crippen LogP) is 1.61. The summed E-state index contributed by atoms with van der Waals surface area (Å²) in [5.41, 5.74) is 6.26. The molecule has 2 atom stereocenters. The molecule has 0 radical (unpaired) electrons. The molecule has 3 N–H and O–H groups in total. The second kappa shape index (κ2) is 3.71. The first-order valence-corrected chi connectivity index (χ1v) is 7.00. The minimum atomic E-state index is -0.804. The average Bonchev–Trinajstić information content (AvgIpc) is 2.93. The van der Waals surface area contributed by atoms with Crippen molar-refractivity contribution in [1.82, 2.24) is 9.96 Å². The monoisotopic (exact) mass is 289 g/mol. The molecule has 1 aromatic heterocycles. The summed E-state index contributed by atoms with van der Waals surface area (Å²) in [6.45, 7) is 0.294. The molecular weight excluding hydrogens is 278 g/mol. The summed E-state index contributed by atoms with van der Waals surface area (Å²) in [5.74, 6) is -0.572. The van der Waals surface area contributed by atoms with Crippen molar-refractivity contribution in [3.8, 4) is 0 Å². The molecule has 0 aliphatic carbocycles. The number of nitrogens with two attached hydrogens (primary N) is 1. The quantitative estimate of drug-likeness (QED) is 0.782. The minimum Gasteiger partial charge on any atom is -0.368 e. The molecule has 6 nitrogen and oxygen atoms in total. The minimum absolute atomic E-state index is 0.294. The van der Waals surface area contributed by atoms with E-state index in [1.165, 1.54) is 16.2 Å². The van der Waals surface area contributed by atoms with Gasteiger partial charge in [-0.05, 0) is 11.5 Å². The molecule has 7 heteroatoms. The highest BCUT2D eigenvalue weighted by atomic mass is 32.1. The number of carbonyl (C=O) groups excluding carboxylic acids is 2. The Morgan fingerprint density at radius 2 is 2.15 bits per heavy atom. The van der Waals surface area contributed by atoms with E-state index in [0.717, 1.165) is 20.5 Å². The Kier molecular flexibility index (Phi) is 2.17. The van der Waals surface area contributed by atoms with Crippen LogP contribution in [-0.2, 0) is 4.79 Å². The molecule has 3 amide bonds. The second-order valence-corrected chi connectivity index (χ2v) is 6.06. The van der Waals surface area contributed by atoms with Crippen LogP contribution in [0.3, 0.4) is 0 Å². The SMILES string of the molecule is NC(=O)[C@@H]1c2c(sc3ccccc23)C2CN1C(=O)N2O. The first kappa shape index (κ1) is 11.7. The van der Waals surface area contributed by atoms with Gasteiger partial charge in [-0.15, -0.1) is 11.3 Å². The third-order valence-electron chi connectivity index (χ3n) is 3.93. The number of hydroxylamine groups is 2. The molecule has 2 aliphatic heterocycles. The number of nitrogens with zero attached hydrogens (tertiary/aromatic N) is 2. The topological polar surface area (TPSA) is 86.9 Å². The van der Waals surface area contributed by atoms with Gasteiger partial charge in [-0.1, -0.05) is 18.2 Å². The highest BCUT2D eigenvalue weighted by Crippen LogP contribution is 2.49. The molecule has 1 fully saturated rings. The van der Waals surface area contributed by atoms with E-state index in [2.05, 4.69) is 0 Å². The summed E-state index contributed by atoms with van der Waals surface area (Å²) < 4.78 is 1.03. The maximum Gasteiger partial charge on any atom is 0.345 e. The molecule has 0 saturated carbocycles. The molecule has 4 rings (SSSR count). The number of hydrogen-bond donors (Lipinski definition) is 2. The van der Waals surface area contributed by atoms with Crippen molar-refractivity contribution in [3.63, 3.8) is 0 Å². The zero-order valence-corrected chi connectivity index (χ0v) is 11.1. The lowest BCUT2D eigenvalue weighted by Gasteiger charge is -2.28. The van der Waals surface area contributed by atoms with Crippen molar-refractivity contribution in [3.05, 3.63) is 34.7 Å². The molecule has 3 heterocycles. The van der Waals surface area contributed by atoms with E-state index in [4.69, 9.17) is 5.73 Å². The smallest absolute Gasteiger partial charge is 0.345 e. The van der Waals surface area contributed by atoms with Crippen molar-refractivity contribution in [1.29, 1.82) is 0 Å². The fourth-order valence-electron chi connectivity index (χ4n) is 3.08. The Morgan fingerprint density at radius 1 is 1.40 bits per heavy atom. The van der Waals surface area contributed by atoms with E-state index in [-0.39, 0.29) is 0 Å². The Balaban J connectivity index is 2.05. The lowest BCUT2D eigenvalue weighted by atomic mass is 9.95. The number of urea groups is 1. The van der Waals surface area contributed by atoms with Crippen LogP contribution in [0.15, 0.2) is 24.3 Å². The summed E-state index contributed by atoms with van der Waals surface area (Å²) in [5, 5.41) is 11.6. The van der Waals surface area contributed by atoms with Gasteiger partial charge in [0.2, 0.25) is 5.91 Å². The maximum atomic E-state index is 12.0. The van der Waals surface area contributed by atoms with E-state index in [1.54, 1.807) is 0 Å². The van der Waals surface area contributed by atoms with Crippen LogP contribution in [0.5, 0.6) is 0 Å². The van der Waals surface area contributed by atoms with Gasteiger partial charge in [0.05, 0.1) is 6.54 Å². The van der Waals surface area contributed by atoms with Gasteiger partial charge in [0.25, 0.3) is 0 Å². The zero-order chi connectivity index (χ0) is 14.0. The number of thiophene rings is 1. The Labute approximate surface area is 117 Å². The first-order valence-electron chi connectivity index (χ1n) is 6.19. The number of fused-ring (bicyclic) bond motifs is 6. The normalized spacial score (nSPS) is 24.4. The Morgan fingerprint density at radius 3 is 2.90 bits per heavy atom. The number of hydrogen-bond acceptors (Lipinski definition) is 4. The van der Waals surface area contributed by atoms with Gasteiger partial charge in [0.1, 0.15) is 12.1 Å². The van der Waals surface area contributed by atoms with Crippen LogP contribution in [-0.4, -0.2) is 33.7 Å². The summed E-state index contributed by atoms with van der Waals surface area (Å²) in [4.78, 5) is 26.0. The predicted molar refractivity (Wildman–Crippen MR) is 72.2 cm³/mol. The fraction of sp³-hybridized carbons (Fsp3) is 0.231. The first-order chi connectivity index (χ1) is 9.59. The second-order valence-electron chi connectivity index (χ2n) is 4.98. The number of carbonyl (C=O) groups is 2. The Hall–Kier alpha value is -2.12. The highest BCUT2D eigenvalue weighted by molar-refractivity contribution is 7.19. The van der Waals surface area contributed by atoms with Crippen molar-refractivity contribution in [2.45, 2.75) is 12.1 Å². The summed E-state index contributed by atoms with van der Waals surface area (Å²) in [6.07, 6.45) is 0. The van der Waals surface area contributed by atoms with E-state index >= 15 is 0 Å². The molecular formula is C13H11N3O3S.